The number of carbonyl (C=O) groups is 2. The first-order chi connectivity index (χ1) is 12.5. The Hall–Kier alpha value is -2.67. The first kappa shape index (κ1) is 19.7. The summed E-state index contributed by atoms with van der Waals surface area (Å²) < 4.78 is 10.4. The van der Waals surface area contributed by atoms with Gasteiger partial charge in [-0.05, 0) is 24.6 Å². The zero-order valence-electron chi connectivity index (χ0n) is 14.8. The molecule has 26 heavy (non-hydrogen) atoms. The summed E-state index contributed by atoms with van der Waals surface area (Å²) in [5.41, 5.74) is 1.40. The molecule has 0 saturated heterocycles. The van der Waals surface area contributed by atoms with Crippen molar-refractivity contribution in [1.29, 1.82) is 0 Å². The molecule has 0 heterocycles. The average Bonchev–Trinajstić information content (AvgIpc) is 2.65. The largest absolute Gasteiger partial charge is 0.493 e. The molecule has 2 rings (SSSR count). The number of rotatable bonds is 8. The smallest absolute Gasteiger partial charge is 0.335 e. The van der Waals surface area contributed by atoms with Crippen LogP contribution in [0.4, 0.5) is 5.69 Å². The number of aromatic carboxylic acids is 1. The molecule has 0 aliphatic heterocycles. The highest BCUT2D eigenvalue weighted by Gasteiger charge is 2.20. The molecule has 1 unspecified atom stereocenters. The molecule has 0 fully saturated rings. The maximum absolute atomic E-state index is 12.5. The maximum atomic E-state index is 12.5. The van der Waals surface area contributed by atoms with Crippen LogP contribution in [0.25, 0.3) is 0 Å². The third kappa shape index (κ3) is 4.92. The number of benzene rings is 2. The van der Waals surface area contributed by atoms with Gasteiger partial charge >= 0.3 is 5.97 Å². The van der Waals surface area contributed by atoms with Crippen LogP contribution in [0.2, 0.25) is 0 Å². The Kier molecular flexibility index (Phi) is 6.91. The highest BCUT2D eigenvalue weighted by Crippen LogP contribution is 2.37. The van der Waals surface area contributed by atoms with E-state index in [0.29, 0.717) is 5.75 Å². The van der Waals surface area contributed by atoms with Gasteiger partial charge < -0.3 is 19.9 Å². The number of anilines is 1. The summed E-state index contributed by atoms with van der Waals surface area (Å²) >= 11 is 1.49. The predicted octanol–water partition coefficient (Wildman–Crippen LogP) is 3.66. The van der Waals surface area contributed by atoms with Gasteiger partial charge in [-0.25, -0.2) is 4.79 Å². The number of hydrogen-bond donors (Lipinski definition) is 2. The highest BCUT2D eigenvalue weighted by atomic mass is 32.2. The molecule has 0 bridgehead atoms. The minimum Gasteiger partial charge on any atom is -0.493 e. The molecule has 138 valence electrons. The molecule has 0 saturated carbocycles. The number of carbonyl (C=O) groups excluding carboxylic acids is 1. The molecule has 2 aromatic rings. The van der Waals surface area contributed by atoms with Gasteiger partial charge in [0.05, 0.1) is 30.7 Å². The van der Waals surface area contributed by atoms with E-state index in [-0.39, 0.29) is 33.9 Å². The molecular weight excluding hydrogens is 354 g/mol. The summed E-state index contributed by atoms with van der Waals surface area (Å²) in [6, 6.07) is 12.6. The average molecular weight is 375 g/mol. The summed E-state index contributed by atoms with van der Waals surface area (Å²) in [5, 5.41) is 11.6. The summed E-state index contributed by atoms with van der Waals surface area (Å²) in [5.74, 6) is -0.134. The van der Waals surface area contributed by atoms with Crippen LogP contribution >= 0.6 is 11.8 Å². The minimum absolute atomic E-state index is 0.00235. The lowest BCUT2D eigenvalue weighted by molar-refractivity contribution is -0.115. The van der Waals surface area contributed by atoms with Gasteiger partial charge in [-0.15, -0.1) is 11.8 Å². The third-order valence-electron chi connectivity index (χ3n) is 3.70. The van der Waals surface area contributed by atoms with Gasteiger partial charge in [-0.3, -0.25) is 4.79 Å². The van der Waals surface area contributed by atoms with Gasteiger partial charge in [0.2, 0.25) is 5.91 Å². The predicted molar refractivity (Wildman–Crippen MR) is 102 cm³/mol. The van der Waals surface area contributed by atoms with Crippen LogP contribution in [0, 0.1) is 0 Å². The second-order valence-electron chi connectivity index (χ2n) is 5.49. The number of thioether (sulfide) groups is 1. The third-order valence-corrected chi connectivity index (χ3v) is 4.91. The zero-order valence-corrected chi connectivity index (χ0v) is 15.6. The fraction of sp³-hybridized carbons (Fsp3) is 0.263. The van der Waals surface area contributed by atoms with Gasteiger partial charge in [0, 0.05) is 5.75 Å². The maximum Gasteiger partial charge on any atom is 0.335 e. The van der Waals surface area contributed by atoms with E-state index in [2.05, 4.69) is 5.32 Å². The first-order valence-electron chi connectivity index (χ1n) is 7.92. The number of methoxy groups -OCH3 is 2. The number of amides is 1. The van der Waals surface area contributed by atoms with E-state index >= 15 is 0 Å². The normalized spacial score (nSPS) is 11.5. The lowest BCUT2D eigenvalue weighted by atomic mass is 10.1. The van der Waals surface area contributed by atoms with Crippen molar-refractivity contribution in [2.24, 2.45) is 0 Å². The number of ether oxygens (including phenoxy) is 2. The van der Waals surface area contributed by atoms with Crippen molar-refractivity contribution in [3.8, 4) is 11.5 Å². The summed E-state index contributed by atoms with van der Waals surface area (Å²) in [6.07, 6.45) is 0. The number of carboxylic acids is 1. The Morgan fingerprint density at radius 1 is 1.15 bits per heavy atom. The van der Waals surface area contributed by atoms with Crippen LogP contribution in [0.15, 0.2) is 42.5 Å². The van der Waals surface area contributed by atoms with Crippen molar-refractivity contribution < 1.29 is 24.2 Å². The fourth-order valence-corrected chi connectivity index (χ4v) is 3.13. The SMILES string of the molecule is COc1cc(C(=O)O)cc(NC(=O)C(C)SCc2ccccc2)c1OC. The van der Waals surface area contributed by atoms with E-state index in [4.69, 9.17) is 9.47 Å². The van der Waals surface area contributed by atoms with E-state index in [1.54, 1.807) is 6.92 Å². The molecule has 1 amide bonds. The molecule has 1 atom stereocenters. The Bertz CT molecular complexity index is 779. The van der Waals surface area contributed by atoms with Crippen LogP contribution in [0.3, 0.4) is 0 Å². The van der Waals surface area contributed by atoms with Gasteiger partial charge in [0.1, 0.15) is 0 Å². The summed E-state index contributed by atoms with van der Waals surface area (Å²) in [7, 11) is 2.84. The molecule has 2 N–H and O–H groups in total. The van der Waals surface area contributed by atoms with Gasteiger partial charge in [0.15, 0.2) is 11.5 Å². The standard InChI is InChI=1S/C19H21NO5S/c1-12(26-11-13-7-5-4-6-8-13)18(21)20-15-9-14(19(22)23)10-16(24-2)17(15)25-3/h4-10,12H,11H2,1-3H3,(H,20,21)(H,22,23). The molecule has 7 heteroatoms. The molecule has 0 spiro atoms. The van der Waals surface area contributed by atoms with Crippen molar-refractivity contribution in [2.75, 3.05) is 19.5 Å². The second-order valence-corrected chi connectivity index (χ2v) is 6.82. The van der Waals surface area contributed by atoms with Crippen LogP contribution in [-0.2, 0) is 10.5 Å². The van der Waals surface area contributed by atoms with E-state index in [1.807, 2.05) is 30.3 Å². The van der Waals surface area contributed by atoms with Crippen LogP contribution in [0.1, 0.15) is 22.8 Å². The molecular formula is C19H21NO5S. The molecule has 6 nitrogen and oxygen atoms in total. The number of carboxylic acid groups (broad SMARTS) is 1. The molecule has 0 aliphatic carbocycles. The summed E-state index contributed by atoms with van der Waals surface area (Å²) in [6.45, 7) is 1.80. The number of hydrogen-bond acceptors (Lipinski definition) is 5. The topological polar surface area (TPSA) is 84.9 Å². The Morgan fingerprint density at radius 2 is 1.85 bits per heavy atom. The van der Waals surface area contributed by atoms with E-state index in [9.17, 15) is 14.7 Å². The molecule has 2 aromatic carbocycles. The molecule has 0 aliphatic rings. The Morgan fingerprint density at radius 3 is 2.42 bits per heavy atom. The monoisotopic (exact) mass is 375 g/mol. The van der Waals surface area contributed by atoms with Crippen molar-refractivity contribution >= 4 is 29.3 Å². The van der Waals surface area contributed by atoms with Crippen LogP contribution in [0.5, 0.6) is 11.5 Å². The Balaban J connectivity index is 2.13. The Labute approximate surface area is 156 Å². The number of nitrogens with one attached hydrogen (secondary N) is 1. The fourth-order valence-electron chi connectivity index (χ4n) is 2.29. The van der Waals surface area contributed by atoms with Gasteiger partial charge in [-0.2, -0.15) is 0 Å². The summed E-state index contributed by atoms with van der Waals surface area (Å²) in [4.78, 5) is 23.8. The lowest BCUT2D eigenvalue weighted by Gasteiger charge is -2.17. The van der Waals surface area contributed by atoms with Crippen molar-refractivity contribution in [1.82, 2.24) is 0 Å². The van der Waals surface area contributed by atoms with Gasteiger partial charge in [0.25, 0.3) is 0 Å². The first-order valence-corrected chi connectivity index (χ1v) is 8.96. The van der Waals surface area contributed by atoms with Crippen LogP contribution < -0.4 is 14.8 Å². The quantitative estimate of drug-likeness (QED) is 0.732. The van der Waals surface area contributed by atoms with Gasteiger partial charge in [-0.1, -0.05) is 30.3 Å². The van der Waals surface area contributed by atoms with E-state index in [0.717, 1.165) is 5.56 Å². The lowest BCUT2D eigenvalue weighted by Crippen LogP contribution is -2.23. The van der Waals surface area contributed by atoms with Crippen molar-refractivity contribution in [3.05, 3.63) is 53.6 Å². The van der Waals surface area contributed by atoms with Crippen LogP contribution in [-0.4, -0.2) is 36.5 Å². The van der Waals surface area contributed by atoms with E-state index < -0.39 is 5.97 Å². The van der Waals surface area contributed by atoms with E-state index in [1.165, 1.54) is 38.1 Å². The minimum atomic E-state index is -1.12. The van der Waals surface area contributed by atoms with Crippen molar-refractivity contribution in [2.45, 2.75) is 17.9 Å². The zero-order chi connectivity index (χ0) is 19.1. The highest BCUT2D eigenvalue weighted by molar-refractivity contribution is 7.99. The molecule has 0 aromatic heterocycles. The van der Waals surface area contributed by atoms with Crippen molar-refractivity contribution in [3.63, 3.8) is 0 Å². The molecule has 0 radical (unpaired) electrons. The second kappa shape index (κ2) is 9.15.